The Balaban J connectivity index is 1.69. The molecule has 1 aliphatic rings. The van der Waals surface area contributed by atoms with Crippen molar-refractivity contribution in [2.45, 2.75) is 26.3 Å². The highest BCUT2D eigenvalue weighted by Crippen LogP contribution is 2.44. The van der Waals surface area contributed by atoms with Gasteiger partial charge in [-0.1, -0.05) is 36.5 Å². The molecule has 1 atom stereocenters. The standard InChI is InChI=1S/C28H23FN2O4S/c1-3-16-5-14-21-22(15-16)36-28(30-21)31-24(17-8-12-20(13-9-17)35-4-2)23(26(33)27(31)34)25(32)18-6-10-19(29)11-7-18/h5-15,24,32H,3-4H2,1-2H3/t24-/m1/s1. The highest BCUT2D eigenvalue weighted by Gasteiger charge is 2.48. The van der Waals surface area contributed by atoms with Crippen LogP contribution in [0.1, 0.15) is 36.6 Å². The Morgan fingerprint density at radius 3 is 2.44 bits per heavy atom. The number of rotatable bonds is 6. The van der Waals surface area contributed by atoms with Crippen LogP contribution < -0.4 is 9.64 Å². The highest BCUT2D eigenvalue weighted by molar-refractivity contribution is 7.22. The summed E-state index contributed by atoms with van der Waals surface area (Å²) in [7, 11) is 0. The molecule has 0 saturated carbocycles. The molecule has 5 rings (SSSR count). The van der Waals surface area contributed by atoms with E-state index >= 15 is 0 Å². The van der Waals surface area contributed by atoms with Gasteiger partial charge in [-0.2, -0.15) is 0 Å². The first-order chi connectivity index (χ1) is 17.4. The van der Waals surface area contributed by atoms with Gasteiger partial charge in [0.1, 0.15) is 17.3 Å². The van der Waals surface area contributed by atoms with Gasteiger partial charge in [0.25, 0.3) is 5.78 Å². The van der Waals surface area contributed by atoms with Crippen molar-refractivity contribution in [1.29, 1.82) is 0 Å². The second kappa shape index (κ2) is 9.54. The van der Waals surface area contributed by atoms with E-state index < -0.39 is 23.5 Å². The van der Waals surface area contributed by atoms with Crippen molar-refractivity contribution in [3.05, 3.63) is 94.8 Å². The van der Waals surface area contributed by atoms with Gasteiger partial charge in [-0.15, -0.1) is 0 Å². The van der Waals surface area contributed by atoms with E-state index in [4.69, 9.17) is 4.74 Å². The Kier molecular flexibility index (Phi) is 6.28. The maximum Gasteiger partial charge on any atom is 0.301 e. The number of aliphatic hydroxyl groups is 1. The van der Waals surface area contributed by atoms with Crippen LogP contribution in [0.3, 0.4) is 0 Å². The van der Waals surface area contributed by atoms with Crippen LogP contribution in [0.25, 0.3) is 16.0 Å². The van der Waals surface area contributed by atoms with Crippen molar-refractivity contribution < 1.29 is 23.8 Å². The number of hydrogen-bond donors (Lipinski definition) is 1. The fourth-order valence-electron chi connectivity index (χ4n) is 4.30. The summed E-state index contributed by atoms with van der Waals surface area (Å²) in [5.41, 5.74) is 2.62. The zero-order chi connectivity index (χ0) is 25.4. The highest BCUT2D eigenvalue weighted by atomic mass is 32.1. The van der Waals surface area contributed by atoms with Crippen molar-refractivity contribution in [2.75, 3.05) is 11.5 Å². The molecule has 2 heterocycles. The fourth-order valence-corrected chi connectivity index (χ4v) is 5.36. The molecule has 1 N–H and O–H groups in total. The van der Waals surface area contributed by atoms with Crippen molar-refractivity contribution in [3.63, 3.8) is 0 Å². The number of hydrogen-bond acceptors (Lipinski definition) is 6. The maximum absolute atomic E-state index is 13.5. The van der Waals surface area contributed by atoms with E-state index in [0.717, 1.165) is 22.2 Å². The minimum Gasteiger partial charge on any atom is -0.507 e. The number of thiazole rings is 1. The molecule has 0 spiro atoms. The summed E-state index contributed by atoms with van der Waals surface area (Å²) in [6.45, 7) is 4.43. The number of nitrogens with zero attached hydrogens (tertiary/aromatic N) is 2. The molecule has 4 aromatic rings. The molecule has 0 aliphatic carbocycles. The number of aryl methyl sites for hydroxylation is 1. The second-order valence-electron chi connectivity index (χ2n) is 8.33. The molecule has 3 aromatic carbocycles. The molecule has 0 bridgehead atoms. The first-order valence-corrected chi connectivity index (χ1v) is 12.4. The van der Waals surface area contributed by atoms with E-state index in [2.05, 4.69) is 11.9 Å². The predicted molar refractivity (Wildman–Crippen MR) is 138 cm³/mol. The monoisotopic (exact) mass is 502 g/mol. The Morgan fingerprint density at radius 1 is 1.06 bits per heavy atom. The van der Waals surface area contributed by atoms with Crippen LogP contribution in [-0.2, 0) is 16.0 Å². The number of carbonyl (C=O) groups excluding carboxylic acids is 2. The minimum atomic E-state index is -0.920. The molecule has 8 heteroatoms. The van der Waals surface area contributed by atoms with Gasteiger partial charge in [0.15, 0.2) is 5.13 Å². The number of halogens is 1. The first kappa shape index (κ1) is 23.7. The van der Waals surface area contributed by atoms with Crippen molar-refractivity contribution in [3.8, 4) is 5.75 Å². The molecule has 1 saturated heterocycles. The zero-order valence-corrected chi connectivity index (χ0v) is 20.5. The number of Topliss-reactive ketones (excluding diaryl/α,β-unsaturated/α-hetero) is 1. The topological polar surface area (TPSA) is 79.7 Å². The SMILES string of the molecule is CCOc1ccc([C@@H]2C(=C(O)c3ccc(F)cc3)C(=O)C(=O)N2c2nc3ccc(CC)cc3s2)cc1. The van der Waals surface area contributed by atoms with Gasteiger partial charge in [-0.05, 0) is 73.0 Å². The summed E-state index contributed by atoms with van der Waals surface area (Å²) < 4.78 is 19.9. The maximum atomic E-state index is 13.5. The van der Waals surface area contributed by atoms with Gasteiger partial charge >= 0.3 is 5.91 Å². The van der Waals surface area contributed by atoms with Gasteiger partial charge in [-0.25, -0.2) is 9.37 Å². The normalized spacial score (nSPS) is 17.2. The number of carbonyl (C=O) groups is 2. The summed E-state index contributed by atoms with van der Waals surface area (Å²) in [5, 5.41) is 11.5. The Bertz CT molecular complexity index is 1490. The summed E-state index contributed by atoms with van der Waals surface area (Å²) >= 11 is 1.31. The average molecular weight is 503 g/mol. The average Bonchev–Trinajstić information content (AvgIpc) is 3.42. The van der Waals surface area contributed by atoms with Crippen LogP contribution in [0.4, 0.5) is 9.52 Å². The molecule has 1 aliphatic heterocycles. The third-order valence-electron chi connectivity index (χ3n) is 6.12. The molecular weight excluding hydrogens is 479 g/mol. The van der Waals surface area contributed by atoms with E-state index in [-0.39, 0.29) is 16.9 Å². The summed E-state index contributed by atoms with van der Waals surface area (Å²) in [5.74, 6) is -1.82. The lowest BCUT2D eigenvalue weighted by Crippen LogP contribution is -2.29. The van der Waals surface area contributed by atoms with E-state index in [9.17, 15) is 19.1 Å². The number of ether oxygens (including phenoxy) is 1. The minimum absolute atomic E-state index is 0.0794. The van der Waals surface area contributed by atoms with E-state index in [1.165, 1.54) is 40.5 Å². The predicted octanol–water partition coefficient (Wildman–Crippen LogP) is 6.02. The summed E-state index contributed by atoms with van der Waals surface area (Å²) in [6.07, 6.45) is 0.859. The largest absolute Gasteiger partial charge is 0.507 e. The third-order valence-corrected chi connectivity index (χ3v) is 7.14. The molecule has 0 unspecified atom stereocenters. The molecule has 36 heavy (non-hydrogen) atoms. The number of ketones is 1. The molecule has 6 nitrogen and oxygen atoms in total. The van der Waals surface area contributed by atoms with Crippen molar-refractivity contribution in [2.24, 2.45) is 0 Å². The van der Waals surface area contributed by atoms with Crippen LogP contribution in [-0.4, -0.2) is 28.4 Å². The lowest BCUT2D eigenvalue weighted by Gasteiger charge is -2.23. The number of aliphatic hydroxyl groups excluding tert-OH is 1. The number of aromatic nitrogens is 1. The van der Waals surface area contributed by atoms with Crippen LogP contribution in [0.15, 0.2) is 72.3 Å². The molecule has 0 radical (unpaired) electrons. The Hall–Kier alpha value is -4.04. The van der Waals surface area contributed by atoms with Gasteiger partial charge < -0.3 is 9.84 Å². The molecular formula is C28H23FN2O4S. The van der Waals surface area contributed by atoms with Crippen molar-refractivity contribution in [1.82, 2.24) is 4.98 Å². The smallest absolute Gasteiger partial charge is 0.301 e. The lowest BCUT2D eigenvalue weighted by molar-refractivity contribution is -0.132. The van der Waals surface area contributed by atoms with E-state index in [1.807, 2.05) is 25.1 Å². The second-order valence-corrected chi connectivity index (χ2v) is 9.34. The Labute approximate surface area is 211 Å². The fraction of sp³-hybridized carbons (Fsp3) is 0.179. The van der Waals surface area contributed by atoms with Gasteiger partial charge in [-0.3, -0.25) is 14.5 Å². The molecule has 1 amide bonds. The molecule has 182 valence electrons. The Morgan fingerprint density at radius 2 is 1.78 bits per heavy atom. The number of benzene rings is 3. The van der Waals surface area contributed by atoms with Crippen LogP contribution in [0.5, 0.6) is 5.75 Å². The zero-order valence-electron chi connectivity index (χ0n) is 19.7. The van der Waals surface area contributed by atoms with E-state index in [1.54, 1.807) is 24.3 Å². The first-order valence-electron chi connectivity index (χ1n) is 11.6. The third kappa shape index (κ3) is 4.13. The number of amides is 1. The molecule has 1 aromatic heterocycles. The van der Waals surface area contributed by atoms with Gasteiger partial charge in [0.2, 0.25) is 0 Å². The lowest BCUT2D eigenvalue weighted by atomic mass is 9.95. The summed E-state index contributed by atoms with van der Waals surface area (Å²) in [4.78, 5) is 32.7. The van der Waals surface area contributed by atoms with Crippen molar-refractivity contribution >= 4 is 44.1 Å². The van der Waals surface area contributed by atoms with Crippen LogP contribution >= 0.6 is 11.3 Å². The van der Waals surface area contributed by atoms with E-state index in [0.29, 0.717) is 23.1 Å². The van der Waals surface area contributed by atoms with Crippen LogP contribution in [0, 0.1) is 5.82 Å². The summed E-state index contributed by atoms with van der Waals surface area (Å²) in [6, 6.07) is 17.1. The van der Waals surface area contributed by atoms with Crippen LogP contribution in [0.2, 0.25) is 0 Å². The van der Waals surface area contributed by atoms with Gasteiger partial charge in [0.05, 0.1) is 28.4 Å². The van der Waals surface area contributed by atoms with Gasteiger partial charge in [0, 0.05) is 5.56 Å². The molecule has 1 fully saturated rings. The number of fused-ring (bicyclic) bond motifs is 1. The number of anilines is 1. The quantitative estimate of drug-likeness (QED) is 0.198.